The van der Waals surface area contributed by atoms with Gasteiger partial charge in [-0.3, -0.25) is 4.79 Å². The largest absolute Gasteiger partial charge is 0.451 e. The molecule has 0 fully saturated rings. The summed E-state index contributed by atoms with van der Waals surface area (Å²) in [6.45, 7) is 3.92. The first-order valence-electron chi connectivity index (χ1n) is 12.4. The molecule has 4 aromatic rings. The Labute approximate surface area is 217 Å². The van der Waals surface area contributed by atoms with E-state index in [9.17, 15) is 9.59 Å². The Morgan fingerprint density at radius 2 is 1.22 bits per heavy atom. The lowest BCUT2D eigenvalue weighted by molar-refractivity contribution is -0.146. The molecule has 0 heterocycles. The second kappa shape index (κ2) is 10.7. The third-order valence-electron chi connectivity index (χ3n) is 6.73. The minimum Gasteiger partial charge on any atom is -0.451 e. The summed E-state index contributed by atoms with van der Waals surface area (Å²) in [5.74, 6) is -0.586. The van der Waals surface area contributed by atoms with Crippen molar-refractivity contribution in [2.75, 3.05) is 13.2 Å². The average Bonchev–Trinajstić information content (AvgIpc) is 3.24. The van der Waals surface area contributed by atoms with Crippen molar-refractivity contribution in [2.45, 2.75) is 25.9 Å². The first-order chi connectivity index (χ1) is 18.0. The van der Waals surface area contributed by atoms with Gasteiger partial charge in [-0.25, -0.2) is 4.79 Å². The number of ether oxygens (including phenoxy) is 2. The maximum absolute atomic E-state index is 12.7. The van der Waals surface area contributed by atoms with Gasteiger partial charge in [-0.15, -0.1) is 0 Å². The fourth-order valence-corrected chi connectivity index (χ4v) is 4.78. The van der Waals surface area contributed by atoms with Gasteiger partial charge in [0.05, 0.1) is 0 Å². The van der Waals surface area contributed by atoms with Gasteiger partial charge in [0, 0.05) is 5.92 Å². The van der Waals surface area contributed by atoms with Crippen LogP contribution in [0, 0.1) is 13.8 Å². The summed E-state index contributed by atoms with van der Waals surface area (Å²) >= 11 is 0. The lowest BCUT2D eigenvalue weighted by Crippen LogP contribution is -2.32. The van der Waals surface area contributed by atoms with Crippen LogP contribution in [0.3, 0.4) is 0 Å². The molecule has 186 valence electrons. The Balaban J connectivity index is 1.20. The van der Waals surface area contributed by atoms with E-state index in [1.54, 1.807) is 0 Å². The summed E-state index contributed by atoms with van der Waals surface area (Å²) in [6.07, 6.45) is -1.22. The van der Waals surface area contributed by atoms with E-state index in [1.807, 2.05) is 86.6 Å². The topological polar surface area (TPSA) is 64.6 Å². The quantitative estimate of drug-likeness (QED) is 0.301. The number of carbonyl (C=O) groups is 2. The molecule has 0 aliphatic heterocycles. The first-order valence-corrected chi connectivity index (χ1v) is 12.4. The second-order valence-corrected chi connectivity index (χ2v) is 9.37. The van der Waals surface area contributed by atoms with Gasteiger partial charge < -0.3 is 14.8 Å². The smallest absolute Gasteiger partial charge is 0.407 e. The molecule has 4 aromatic carbocycles. The highest BCUT2D eigenvalue weighted by atomic mass is 16.6. The number of aryl methyl sites for hydroxylation is 2. The molecule has 5 rings (SSSR count). The van der Waals surface area contributed by atoms with Crippen LogP contribution in [-0.2, 0) is 14.3 Å². The van der Waals surface area contributed by atoms with E-state index in [4.69, 9.17) is 9.47 Å². The Kier molecular flexibility index (Phi) is 7.04. The van der Waals surface area contributed by atoms with Gasteiger partial charge in [0.25, 0.3) is 0 Å². The number of rotatable bonds is 7. The van der Waals surface area contributed by atoms with Gasteiger partial charge >= 0.3 is 12.1 Å². The van der Waals surface area contributed by atoms with Crippen molar-refractivity contribution in [3.05, 3.63) is 130 Å². The van der Waals surface area contributed by atoms with Crippen LogP contribution in [-0.4, -0.2) is 25.2 Å². The molecule has 0 radical (unpaired) electrons. The van der Waals surface area contributed by atoms with E-state index in [2.05, 4.69) is 29.6 Å². The van der Waals surface area contributed by atoms with Gasteiger partial charge in [0.1, 0.15) is 13.2 Å². The SMILES string of the molecule is Cc1ccc(C(OC(=O)CNC(=O)OCC2c3ccccc3-c3ccccc32)c2ccc(C)cc2)cc1. The molecule has 0 atom stereocenters. The minimum atomic E-state index is -0.652. The van der Waals surface area contributed by atoms with Crippen molar-refractivity contribution in [3.8, 4) is 11.1 Å². The molecule has 5 nitrogen and oxygen atoms in total. The molecule has 0 aromatic heterocycles. The van der Waals surface area contributed by atoms with Crippen molar-refractivity contribution >= 4 is 12.1 Å². The van der Waals surface area contributed by atoms with E-state index < -0.39 is 18.2 Å². The van der Waals surface area contributed by atoms with E-state index in [0.29, 0.717) is 0 Å². The predicted octanol–water partition coefficient (Wildman–Crippen LogP) is 6.47. The fourth-order valence-electron chi connectivity index (χ4n) is 4.78. The van der Waals surface area contributed by atoms with Crippen molar-refractivity contribution < 1.29 is 19.1 Å². The monoisotopic (exact) mass is 491 g/mol. The molecule has 37 heavy (non-hydrogen) atoms. The van der Waals surface area contributed by atoms with E-state index in [-0.39, 0.29) is 19.1 Å². The number of benzene rings is 4. The Bertz CT molecular complexity index is 1320. The van der Waals surface area contributed by atoms with Gasteiger partial charge in [-0.1, -0.05) is 108 Å². The summed E-state index contributed by atoms with van der Waals surface area (Å²) in [6, 6.07) is 32.1. The standard InChI is InChI=1S/C32H29NO4/c1-21-11-15-23(16-12-21)31(24-17-13-22(2)14-18-24)37-30(34)19-33-32(35)36-20-29-27-9-5-3-7-25(27)26-8-4-6-10-28(26)29/h3-18,29,31H,19-20H2,1-2H3,(H,33,35). The van der Waals surface area contributed by atoms with Crippen LogP contribution < -0.4 is 5.32 Å². The zero-order chi connectivity index (χ0) is 25.8. The summed E-state index contributed by atoms with van der Waals surface area (Å²) in [4.78, 5) is 25.2. The number of alkyl carbamates (subject to hydrolysis) is 1. The van der Waals surface area contributed by atoms with Crippen LogP contribution in [0.2, 0.25) is 0 Å². The zero-order valence-corrected chi connectivity index (χ0v) is 20.9. The summed E-state index contributed by atoms with van der Waals surface area (Å²) in [5, 5.41) is 2.55. The number of hydrogen-bond acceptors (Lipinski definition) is 4. The van der Waals surface area contributed by atoms with Crippen LogP contribution >= 0.6 is 0 Å². The normalized spacial score (nSPS) is 12.1. The van der Waals surface area contributed by atoms with Gasteiger partial charge in [0.15, 0.2) is 6.10 Å². The number of fused-ring (bicyclic) bond motifs is 3. The number of hydrogen-bond donors (Lipinski definition) is 1. The van der Waals surface area contributed by atoms with Crippen LogP contribution in [0.1, 0.15) is 45.4 Å². The third-order valence-corrected chi connectivity index (χ3v) is 6.73. The van der Waals surface area contributed by atoms with Gasteiger partial charge in [-0.2, -0.15) is 0 Å². The average molecular weight is 492 g/mol. The summed E-state index contributed by atoms with van der Waals surface area (Å²) in [7, 11) is 0. The molecule has 0 saturated carbocycles. The molecular weight excluding hydrogens is 462 g/mol. The molecule has 1 N–H and O–H groups in total. The van der Waals surface area contributed by atoms with Crippen molar-refractivity contribution in [1.29, 1.82) is 0 Å². The number of nitrogens with one attached hydrogen (secondary N) is 1. The van der Waals surface area contributed by atoms with E-state index >= 15 is 0 Å². The summed E-state index contributed by atoms with van der Waals surface area (Å²) in [5.41, 5.74) is 8.56. The molecule has 1 aliphatic rings. The minimum absolute atomic E-state index is 0.0439. The summed E-state index contributed by atoms with van der Waals surface area (Å²) < 4.78 is 11.3. The molecule has 0 bridgehead atoms. The van der Waals surface area contributed by atoms with Crippen LogP contribution in [0.25, 0.3) is 11.1 Å². The van der Waals surface area contributed by atoms with Crippen LogP contribution in [0.5, 0.6) is 0 Å². The maximum atomic E-state index is 12.7. The first kappa shape index (κ1) is 24.3. The van der Waals surface area contributed by atoms with Crippen LogP contribution in [0.15, 0.2) is 97.1 Å². The zero-order valence-electron chi connectivity index (χ0n) is 20.9. The molecule has 1 aliphatic carbocycles. The molecule has 1 amide bonds. The highest BCUT2D eigenvalue weighted by Gasteiger charge is 2.29. The van der Waals surface area contributed by atoms with E-state index in [0.717, 1.165) is 44.5 Å². The molecule has 0 spiro atoms. The van der Waals surface area contributed by atoms with Crippen molar-refractivity contribution in [3.63, 3.8) is 0 Å². The second-order valence-electron chi connectivity index (χ2n) is 9.37. The number of amides is 1. The van der Waals surface area contributed by atoms with Crippen LogP contribution in [0.4, 0.5) is 4.79 Å². The Morgan fingerprint density at radius 3 is 1.73 bits per heavy atom. The number of carbonyl (C=O) groups excluding carboxylic acids is 2. The lowest BCUT2D eigenvalue weighted by atomic mass is 9.98. The van der Waals surface area contributed by atoms with Crippen molar-refractivity contribution in [1.82, 2.24) is 5.32 Å². The lowest BCUT2D eigenvalue weighted by Gasteiger charge is -2.20. The number of esters is 1. The van der Waals surface area contributed by atoms with Gasteiger partial charge in [-0.05, 0) is 47.2 Å². The fraction of sp³-hybridized carbons (Fsp3) is 0.188. The Morgan fingerprint density at radius 1 is 0.730 bits per heavy atom. The molecule has 5 heteroatoms. The highest BCUT2D eigenvalue weighted by Crippen LogP contribution is 2.44. The van der Waals surface area contributed by atoms with Gasteiger partial charge in [0.2, 0.25) is 0 Å². The van der Waals surface area contributed by atoms with E-state index in [1.165, 1.54) is 0 Å². The Hall–Kier alpha value is -4.38. The molecule has 0 saturated heterocycles. The maximum Gasteiger partial charge on any atom is 0.407 e. The molecular formula is C32H29NO4. The third kappa shape index (κ3) is 5.41. The van der Waals surface area contributed by atoms with Crippen molar-refractivity contribution in [2.24, 2.45) is 0 Å². The predicted molar refractivity (Wildman–Crippen MR) is 143 cm³/mol. The highest BCUT2D eigenvalue weighted by molar-refractivity contribution is 5.80. The molecule has 0 unspecified atom stereocenters.